The molecule has 4 heteroatoms. The van der Waals surface area contributed by atoms with Crippen LogP contribution in [0, 0.1) is 0 Å². The molecule has 0 aliphatic heterocycles. The number of primary amides is 1. The summed E-state index contributed by atoms with van der Waals surface area (Å²) in [6.07, 6.45) is 0.565. The van der Waals surface area contributed by atoms with Gasteiger partial charge in [-0.2, -0.15) is 0 Å². The van der Waals surface area contributed by atoms with Crippen molar-refractivity contribution in [1.29, 1.82) is 0 Å². The fourth-order valence-electron chi connectivity index (χ4n) is 2.14. The van der Waals surface area contributed by atoms with Gasteiger partial charge in [-0.05, 0) is 29.4 Å². The maximum Gasteiger partial charge on any atom is 0.234 e. The van der Waals surface area contributed by atoms with E-state index in [9.17, 15) is 4.79 Å². The molecular formula is C16H20N2O2. The van der Waals surface area contributed by atoms with Gasteiger partial charge >= 0.3 is 0 Å². The molecule has 0 saturated heterocycles. The largest absolute Gasteiger partial charge is 0.493 e. The third-order valence-corrected chi connectivity index (χ3v) is 3.19. The molecule has 2 aromatic carbocycles. The van der Waals surface area contributed by atoms with Crippen molar-refractivity contribution in [3.8, 4) is 5.75 Å². The Balaban J connectivity index is 1.93. The van der Waals surface area contributed by atoms with Gasteiger partial charge in [-0.1, -0.05) is 37.3 Å². The van der Waals surface area contributed by atoms with Gasteiger partial charge in [0.05, 0.1) is 12.6 Å². The van der Waals surface area contributed by atoms with Crippen LogP contribution in [0.25, 0.3) is 10.8 Å². The summed E-state index contributed by atoms with van der Waals surface area (Å²) in [6, 6.07) is 13.8. The van der Waals surface area contributed by atoms with Crippen molar-refractivity contribution in [2.24, 2.45) is 5.73 Å². The smallest absolute Gasteiger partial charge is 0.234 e. The quantitative estimate of drug-likeness (QED) is 0.811. The molecule has 0 aromatic heterocycles. The minimum Gasteiger partial charge on any atom is -0.493 e. The number of benzene rings is 2. The van der Waals surface area contributed by atoms with E-state index in [2.05, 4.69) is 11.4 Å². The van der Waals surface area contributed by atoms with E-state index < -0.39 is 0 Å². The zero-order valence-corrected chi connectivity index (χ0v) is 11.6. The Hall–Kier alpha value is -2.07. The SMILES string of the molecule is CCNC(CCOc1ccc2ccccc2c1)C(N)=O. The topological polar surface area (TPSA) is 64.3 Å². The molecule has 3 N–H and O–H groups in total. The number of hydrogen-bond acceptors (Lipinski definition) is 3. The van der Waals surface area contributed by atoms with Crippen molar-refractivity contribution < 1.29 is 9.53 Å². The summed E-state index contributed by atoms with van der Waals surface area (Å²) in [4.78, 5) is 11.2. The van der Waals surface area contributed by atoms with E-state index in [4.69, 9.17) is 10.5 Å². The summed E-state index contributed by atoms with van der Waals surface area (Å²) in [7, 11) is 0. The van der Waals surface area contributed by atoms with Gasteiger partial charge in [0.15, 0.2) is 0 Å². The highest BCUT2D eigenvalue weighted by Crippen LogP contribution is 2.20. The third-order valence-electron chi connectivity index (χ3n) is 3.19. The molecule has 0 aliphatic rings. The minimum absolute atomic E-state index is 0.333. The van der Waals surface area contributed by atoms with Crippen LogP contribution in [0.3, 0.4) is 0 Å². The molecule has 0 saturated carbocycles. The summed E-state index contributed by atoms with van der Waals surface area (Å²) >= 11 is 0. The molecule has 0 fully saturated rings. The molecule has 0 radical (unpaired) electrons. The van der Waals surface area contributed by atoms with E-state index in [0.29, 0.717) is 19.6 Å². The van der Waals surface area contributed by atoms with Gasteiger partial charge in [-0.25, -0.2) is 0 Å². The van der Waals surface area contributed by atoms with E-state index >= 15 is 0 Å². The van der Waals surface area contributed by atoms with Crippen molar-refractivity contribution >= 4 is 16.7 Å². The number of carbonyl (C=O) groups is 1. The molecule has 0 spiro atoms. The van der Waals surface area contributed by atoms with Crippen LogP contribution in [0.5, 0.6) is 5.75 Å². The number of rotatable bonds is 7. The van der Waals surface area contributed by atoms with Crippen LogP contribution in [0.1, 0.15) is 13.3 Å². The van der Waals surface area contributed by atoms with Gasteiger partial charge in [0.1, 0.15) is 5.75 Å². The van der Waals surface area contributed by atoms with Crippen LogP contribution in [0.15, 0.2) is 42.5 Å². The molecular weight excluding hydrogens is 252 g/mol. The average Bonchev–Trinajstić information content (AvgIpc) is 2.46. The van der Waals surface area contributed by atoms with Gasteiger partial charge in [0.25, 0.3) is 0 Å². The maximum absolute atomic E-state index is 11.2. The molecule has 0 bridgehead atoms. The molecule has 2 rings (SSSR count). The van der Waals surface area contributed by atoms with Gasteiger partial charge in [0.2, 0.25) is 5.91 Å². The van der Waals surface area contributed by atoms with Crippen LogP contribution in [0.4, 0.5) is 0 Å². The molecule has 0 heterocycles. The second-order valence-corrected chi connectivity index (χ2v) is 4.66. The van der Waals surface area contributed by atoms with Crippen LogP contribution >= 0.6 is 0 Å². The molecule has 1 amide bonds. The third kappa shape index (κ3) is 3.71. The van der Waals surface area contributed by atoms with Gasteiger partial charge < -0.3 is 15.8 Å². The first-order valence-corrected chi connectivity index (χ1v) is 6.85. The molecule has 106 valence electrons. The van der Waals surface area contributed by atoms with Crippen LogP contribution in [0.2, 0.25) is 0 Å². The molecule has 1 unspecified atom stereocenters. The van der Waals surface area contributed by atoms with Crippen molar-refractivity contribution in [2.75, 3.05) is 13.2 Å². The molecule has 4 nitrogen and oxygen atoms in total. The molecule has 0 aliphatic carbocycles. The number of nitrogens with one attached hydrogen (secondary N) is 1. The van der Waals surface area contributed by atoms with Crippen molar-refractivity contribution in [1.82, 2.24) is 5.32 Å². The van der Waals surface area contributed by atoms with E-state index in [1.54, 1.807) is 0 Å². The minimum atomic E-state index is -0.339. The maximum atomic E-state index is 11.2. The van der Waals surface area contributed by atoms with Crippen molar-refractivity contribution in [2.45, 2.75) is 19.4 Å². The average molecular weight is 272 g/mol. The lowest BCUT2D eigenvalue weighted by Gasteiger charge is -2.14. The number of likely N-dealkylation sites (N-methyl/N-ethyl adjacent to an activating group) is 1. The Labute approximate surface area is 118 Å². The molecule has 2 aromatic rings. The predicted octanol–water partition coefficient (Wildman–Crippen LogP) is 2.07. The molecule has 20 heavy (non-hydrogen) atoms. The highest BCUT2D eigenvalue weighted by molar-refractivity contribution is 5.83. The number of carbonyl (C=O) groups excluding carboxylic acids is 1. The molecule has 1 atom stereocenters. The van der Waals surface area contributed by atoms with Gasteiger partial charge in [-0.3, -0.25) is 4.79 Å². The Kier molecular flexibility index (Phi) is 4.96. The van der Waals surface area contributed by atoms with Gasteiger partial charge in [-0.15, -0.1) is 0 Å². The van der Waals surface area contributed by atoms with E-state index in [-0.39, 0.29) is 11.9 Å². The standard InChI is InChI=1S/C16H20N2O2/c1-2-18-15(16(17)19)9-10-20-14-8-7-12-5-3-4-6-13(12)11-14/h3-8,11,15,18H,2,9-10H2,1H3,(H2,17,19). The predicted molar refractivity (Wildman–Crippen MR) is 80.7 cm³/mol. The van der Waals surface area contributed by atoms with E-state index in [1.807, 2.05) is 43.3 Å². The van der Waals surface area contributed by atoms with Crippen molar-refractivity contribution in [3.63, 3.8) is 0 Å². The number of amides is 1. The second kappa shape index (κ2) is 6.91. The summed E-state index contributed by atoms with van der Waals surface area (Å²) in [6.45, 7) is 3.11. The zero-order chi connectivity index (χ0) is 14.4. The summed E-state index contributed by atoms with van der Waals surface area (Å²) in [5.74, 6) is 0.470. The number of ether oxygens (including phenoxy) is 1. The normalized spacial score (nSPS) is 12.2. The zero-order valence-electron chi connectivity index (χ0n) is 11.6. The van der Waals surface area contributed by atoms with Crippen LogP contribution in [-0.2, 0) is 4.79 Å². The van der Waals surface area contributed by atoms with Crippen molar-refractivity contribution in [3.05, 3.63) is 42.5 Å². The lowest BCUT2D eigenvalue weighted by molar-refractivity contribution is -0.120. The second-order valence-electron chi connectivity index (χ2n) is 4.66. The highest BCUT2D eigenvalue weighted by atomic mass is 16.5. The highest BCUT2D eigenvalue weighted by Gasteiger charge is 2.13. The van der Waals surface area contributed by atoms with E-state index in [1.165, 1.54) is 5.39 Å². The van der Waals surface area contributed by atoms with Gasteiger partial charge in [0, 0.05) is 6.42 Å². The van der Waals surface area contributed by atoms with E-state index in [0.717, 1.165) is 11.1 Å². The Bertz CT molecular complexity index is 583. The van der Waals surface area contributed by atoms with Crippen LogP contribution in [-0.4, -0.2) is 25.1 Å². The Morgan fingerprint density at radius 2 is 2.00 bits per heavy atom. The fraction of sp³-hybridized carbons (Fsp3) is 0.312. The Morgan fingerprint density at radius 1 is 1.25 bits per heavy atom. The Morgan fingerprint density at radius 3 is 2.70 bits per heavy atom. The lowest BCUT2D eigenvalue weighted by Crippen LogP contribution is -2.42. The monoisotopic (exact) mass is 272 g/mol. The first kappa shape index (κ1) is 14.3. The summed E-state index contributed by atoms with van der Waals surface area (Å²) in [5, 5.41) is 5.37. The fourth-order valence-corrected chi connectivity index (χ4v) is 2.14. The first-order valence-electron chi connectivity index (χ1n) is 6.85. The first-order chi connectivity index (χ1) is 9.70. The summed E-state index contributed by atoms with van der Waals surface area (Å²) in [5.41, 5.74) is 5.32. The number of hydrogen-bond donors (Lipinski definition) is 2. The number of nitrogens with two attached hydrogens (primary N) is 1. The summed E-state index contributed by atoms with van der Waals surface area (Å²) < 4.78 is 5.69. The van der Waals surface area contributed by atoms with Crippen LogP contribution < -0.4 is 15.8 Å². The lowest BCUT2D eigenvalue weighted by atomic mass is 10.1. The number of fused-ring (bicyclic) bond motifs is 1.